The van der Waals surface area contributed by atoms with Crippen LogP contribution in [0, 0.1) is 6.92 Å². The van der Waals surface area contributed by atoms with Gasteiger partial charge in [-0.3, -0.25) is 9.69 Å². The number of benzene rings is 2. The van der Waals surface area contributed by atoms with E-state index in [9.17, 15) is 14.4 Å². The number of urea groups is 1. The number of nitrogens with zero attached hydrogens (tertiary/aromatic N) is 1. The van der Waals surface area contributed by atoms with Crippen molar-refractivity contribution >= 4 is 17.9 Å². The van der Waals surface area contributed by atoms with Gasteiger partial charge in [-0.2, -0.15) is 0 Å². The van der Waals surface area contributed by atoms with Crippen molar-refractivity contribution in [3.8, 4) is 11.5 Å². The predicted molar refractivity (Wildman–Crippen MR) is 123 cm³/mol. The molecule has 4 rings (SSSR count). The van der Waals surface area contributed by atoms with Crippen molar-refractivity contribution in [2.24, 2.45) is 0 Å². The van der Waals surface area contributed by atoms with Crippen molar-refractivity contribution in [3.63, 3.8) is 0 Å². The quantitative estimate of drug-likeness (QED) is 0.580. The molecule has 0 radical (unpaired) electrons. The molecule has 1 atom stereocenters. The Kier molecular flexibility index (Phi) is 6.72. The molecule has 0 aromatic heterocycles. The van der Waals surface area contributed by atoms with E-state index < -0.39 is 18.0 Å². The van der Waals surface area contributed by atoms with Gasteiger partial charge in [-0.25, -0.2) is 9.59 Å². The third kappa shape index (κ3) is 4.68. The molecular weight excluding hydrogens is 438 g/mol. The minimum Gasteiger partial charge on any atom is -0.493 e. The second kappa shape index (κ2) is 9.86. The zero-order valence-corrected chi connectivity index (χ0v) is 19.3. The Bertz CT molecular complexity index is 1140. The third-order valence-corrected chi connectivity index (χ3v) is 5.89. The second-order valence-corrected chi connectivity index (χ2v) is 8.11. The summed E-state index contributed by atoms with van der Waals surface area (Å²) in [5.74, 6) is 0.424. The molecule has 0 saturated carbocycles. The molecule has 2 aliphatic heterocycles. The van der Waals surface area contributed by atoms with Crippen LogP contribution in [0.2, 0.25) is 0 Å². The number of amides is 3. The first kappa shape index (κ1) is 23.2. The predicted octanol–water partition coefficient (Wildman–Crippen LogP) is 2.25. The Morgan fingerprint density at radius 2 is 1.85 bits per heavy atom. The smallest absolute Gasteiger partial charge is 0.338 e. The Balaban J connectivity index is 1.42. The van der Waals surface area contributed by atoms with E-state index in [1.54, 1.807) is 14.2 Å². The molecule has 0 spiro atoms. The van der Waals surface area contributed by atoms with Crippen molar-refractivity contribution < 1.29 is 28.6 Å². The van der Waals surface area contributed by atoms with Gasteiger partial charge in [-0.1, -0.05) is 35.9 Å². The van der Waals surface area contributed by atoms with E-state index in [0.29, 0.717) is 35.7 Å². The van der Waals surface area contributed by atoms with Gasteiger partial charge < -0.3 is 24.8 Å². The fourth-order valence-electron chi connectivity index (χ4n) is 4.07. The highest BCUT2D eigenvalue weighted by Gasteiger charge is 2.42. The molecule has 2 heterocycles. The number of nitrogens with one attached hydrogen (secondary N) is 2. The number of aryl methyl sites for hydroxylation is 1. The molecule has 0 aliphatic carbocycles. The summed E-state index contributed by atoms with van der Waals surface area (Å²) in [6.07, 6.45) is 0.573. The van der Waals surface area contributed by atoms with Crippen LogP contribution in [-0.2, 0) is 20.7 Å². The van der Waals surface area contributed by atoms with Gasteiger partial charge in [0, 0.05) is 6.54 Å². The molecule has 1 unspecified atom stereocenters. The molecule has 2 aromatic carbocycles. The van der Waals surface area contributed by atoms with Gasteiger partial charge in [0.05, 0.1) is 31.5 Å². The summed E-state index contributed by atoms with van der Waals surface area (Å²) in [4.78, 5) is 39.2. The molecular formula is C25H27N3O6. The topological polar surface area (TPSA) is 106 Å². The molecule has 0 saturated heterocycles. The normalized spacial score (nSPS) is 17.1. The molecule has 2 N–H and O–H groups in total. The van der Waals surface area contributed by atoms with E-state index >= 15 is 0 Å². The van der Waals surface area contributed by atoms with Crippen LogP contribution in [0.25, 0.3) is 0 Å². The highest BCUT2D eigenvalue weighted by Crippen LogP contribution is 2.35. The zero-order valence-electron chi connectivity index (χ0n) is 19.3. The number of carbonyl (C=O) groups excluding carboxylic acids is 3. The van der Waals surface area contributed by atoms with E-state index in [0.717, 1.165) is 16.7 Å². The maximum Gasteiger partial charge on any atom is 0.338 e. The largest absolute Gasteiger partial charge is 0.493 e. The molecule has 2 aliphatic rings. The van der Waals surface area contributed by atoms with E-state index in [-0.39, 0.29) is 19.1 Å². The number of esters is 1. The number of hydrogen-bond acceptors (Lipinski definition) is 6. The van der Waals surface area contributed by atoms with Gasteiger partial charge in [-0.15, -0.1) is 0 Å². The maximum atomic E-state index is 12.9. The van der Waals surface area contributed by atoms with Crippen LogP contribution >= 0.6 is 0 Å². The average molecular weight is 466 g/mol. The number of cyclic esters (lactones) is 1. The Morgan fingerprint density at radius 1 is 1.12 bits per heavy atom. The molecule has 0 bridgehead atoms. The van der Waals surface area contributed by atoms with Crippen molar-refractivity contribution in [3.05, 3.63) is 70.4 Å². The molecule has 0 fully saturated rings. The summed E-state index contributed by atoms with van der Waals surface area (Å²) in [6.45, 7) is 2.08. The van der Waals surface area contributed by atoms with Crippen LogP contribution in [0.5, 0.6) is 11.5 Å². The zero-order chi connectivity index (χ0) is 24.2. The fourth-order valence-corrected chi connectivity index (χ4v) is 4.07. The number of methoxy groups -OCH3 is 2. The summed E-state index contributed by atoms with van der Waals surface area (Å²) in [6, 6.07) is 12.1. The summed E-state index contributed by atoms with van der Waals surface area (Å²) >= 11 is 0. The van der Waals surface area contributed by atoms with Gasteiger partial charge in [-0.05, 0) is 36.6 Å². The molecule has 9 heteroatoms. The number of ether oxygens (including phenoxy) is 3. The van der Waals surface area contributed by atoms with Crippen molar-refractivity contribution in [2.75, 3.05) is 33.9 Å². The highest BCUT2D eigenvalue weighted by atomic mass is 16.5. The highest BCUT2D eigenvalue weighted by molar-refractivity contribution is 5.98. The van der Waals surface area contributed by atoms with Gasteiger partial charge in [0.15, 0.2) is 11.5 Å². The van der Waals surface area contributed by atoms with Crippen LogP contribution in [0.3, 0.4) is 0 Å². The van der Waals surface area contributed by atoms with E-state index in [4.69, 9.17) is 14.2 Å². The van der Waals surface area contributed by atoms with Gasteiger partial charge in [0.1, 0.15) is 13.2 Å². The Morgan fingerprint density at radius 3 is 2.56 bits per heavy atom. The average Bonchev–Trinajstić information content (AvgIpc) is 3.22. The molecule has 34 heavy (non-hydrogen) atoms. The Labute approximate surface area is 197 Å². The summed E-state index contributed by atoms with van der Waals surface area (Å²) < 4.78 is 15.8. The first-order chi connectivity index (χ1) is 16.4. The minimum absolute atomic E-state index is 0.0388. The van der Waals surface area contributed by atoms with Crippen LogP contribution in [-0.4, -0.2) is 56.7 Å². The summed E-state index contributed by atoms with van der Waals surface area (Å²) in [5.41, 5.74) is 3.61. The summed E-state index contributed by atoms with van der Waals surface area (Å²) in [7, 11) is 3.14. The van der Waals surface area contributed by atoms with Crippen LogP contribution in [0.4, 0.5) is 4.79 Å². The first-order valence-electron chi connectivity index (χ1n) is 10.9. The minimum atomic E-state index is -0.609. The monoisotopic (exact) mass is 465 g/mol. The first-order valence-corrected chi connectivity index (χ1v) is 10.9. The van der Waals surface area contributed by atoms with Crippen LogP contribution < -0.4 is 20.1 Å². The van der Waals surface area contributed by atoms with Gasteiger partial charge in [0.25, 0.3) is 0 Å². The standard InChI is InChI=1S/C25H27N3O6/c1-15-4-7-17(8-5-15)23-22-18(14-34-24(22)30)28(25(31)27-23)13-21(29)26-11-10-16-6-9-19(32-2)20(12-16)33-3/h4-9,12,23H,10-11,13-14H2,1-3H3,(H,26,29)(H,27,31). The number of hydrogen-bond donors (Lipinski definition) is 2. The number of carbonyl (C=O) groups is 3. The molecule has 9 nitrogen and oxygen atoms in total. The third-order valence-electron chi connectivity index (χ3n) is 5.89. The van der Waals surface area contributed by atoms with Crippen LogP contribution in [0.1, 0.15) is 22.7 Å². The lowest BCUT2D eigenvalue weighted by Crippen LogP contribution is -2.50. The maximum absolute atomic E-state index is 12.9. The Hall–Kier alpha value is -4.01. The van der Waals surface area contributed by atoms with Crippen molar-refractivity contribution in [1.82, 2.24) is 15.5 Å². The van der Waals surface area contributed by atoms with E-state index in [1.807, 2.05) is 49.4 Å². The molecule has 178 valence electrons. The van der Waals surface area contributed by atoms with Gasteiger partial charge in [0.2, 0.25) is 5.91 Å². The lowest BCUT2D eigenvalue weighted by atomic mass is 9.95. The molecule has 3 amide bonds. The SMILES string of the molecule is COc1ccc(CCNC(=O)CN2C(=O)NC(c3ccc(C)cc3)C3=C2COC3=O)cc1OC. The summed E-state index contributed by atoms with van der Waals surface area (Å²) in [5, 5.41) is 5.66. The second-order valence-electron chi connectivity index (χ2n) is 8.11. The van der Waals surface area contributed by atoms with E-state index in [2.05, 4.69) is 10.6 Å². The lowest BCUT2D eigenvalue weighted by Gasteiger charge is -2.32. The van der Waals surface area contributed by atoms with E-state index in [1.165, 1.54) is 4.90 Å². The lowest BCUT2D eigenvalue weighted by molar-refractivity contribution is -0.136. The fraction of sp³-hybridized carbons (Fsp3) is 0.320. The van der Waals surface area contributed by atoms with Crippen molar-refractivity contribution in [2.45, 2.75) is 19.4 Å². The number of rotatable bonds is 8. The van der Waals surface area contributed by atoms with Crippen LogP contribution in [0.15, 0.2) is 53.7 Å². The molecule has 2 aromatic rings. The van der Waals surface area contributed by atoms with Crippen molar-refractivity contribution in [1.29, 1.82) is 0 Å². The van der Waals surface area contributed by atoms with Gasteiger partial charge >= 0.3 is 12.0 Å².